The molecule has 35 heavy (non-hydrogen) atoms. The summed E-state index contributed by atoms with van der Waals surface area (Å²) in [4.78, 5) is 21.0. The fourth-order valence-corrected chi connectivity index (χ4v) is 4.03. The van der Waals surface area contributed by atoms with Gasteiger partial charge in [0.05, 0.1) is 23.3 Å². The van der Waals surface area contributed by atoms with Crippen LogP contribution in [0.5, 0.6) is 0 Å². The van der Waals surface area contributed by atoms with Crippen molar-refractivity contribution >= 4 is 28.5 Å². The van der Waals surface area contributed by atoms with E-state index in [1.165, 1.54) is 0 Å². The summed E-state index contributed by atoms with van der Waals surface area (Å²) in [5, 5.41) is 18.2. The lowest BCUT2D eigenvalue weighted by atomic mass is 9.98. The van der Waals surface area contributed by atoms with Crippen molar-refractivity contribution in [2.24, 2.45) is 5.73 Å². The smallest absolute Gasteiger partial charge is 0.251 e. The van der Waals surface area contributed by atoms with Gasteiger partial charge in [-0.15, -0.1) is 0 Å². The number of amidine groups is 1. The molecule has 9 heteroatoms. The predicted molar refractivity (Wildman–Crippen MR) is 136 cm³/mol. The van der Waals surface area contributed by atoms with Crippen molar-refractivity contribution in [2.45, 2.75) is 5.92 Å². The fraction of sp³-hybridized carbons (Fsp3) is 0.0769. The number of benzene rings is 3. The summed E-state index contributed by atoms with van der Waals surface area (Å²) >= 11 is 0. The summed E-state index contributed by atoms with van der Waals surface area (Å²) in [5.74, 6) is 0.779. The van der Waals surface area contributed by atoms with Crippen LogP contribution >= 0.6 is 0 Å². The highest BCUT2D eigenvalue weighted by Crippen LogP contribution is 2.26. The van der Waals surface area contributed by atoms with Gasteiger partial charge in [0.2, 0.25) is 0 Å². The third-order valence-electron chi connectivity index (χ3n) is 5.96. The number of hydrogen-bond acceptors (Lipinski definition) is 5. The third kappa shape index (κ3) is 4.47. The van der Waals surface area contributed by atoms with E-state index in [9.17, 15) is 4.79 Å². The van der Waals surface area contributed by atoms with Crippen LogP contribution in [0, 0.1) is 5.41 Å². The molecule has 0 radical (unpaired) electrons. The van der Waals surface area contributed by atoms with E-state index >= 15 is 0 Å². The first-order chi connectivity index (χ1) is 17.0. The van der Waals surface area contributed by atoms with Gasteiger partial charge < -0.3 is 21.8 Å². The number of hydrogen-bond donors (Lipinski definition) is 6. The van der Waals surface area contributed by atoms with E-state index in [-0.39, 0.29) is 17.7 Å². The number of nitrogens with two attached hydrogens (primary N) is 2. The van der Waals surface area contributed by atoms with Crippen LogP contribution in [-0.4, -0.2) is 38.5 Å². The van der Waals surface area contributed by atoms with E-state index in [1.54, 1.807) is 36.5 Å². The number of nitrogens with zero attached hydrogens (tertiary/aromatic N) is 2. The first kappa shape index (κ1) is 21.9. The SMILES string of the molecule is N=C(N)c1ccc(-c2cnc([C@H](CNC(=O)c3ccc4c(N)n[nH]c4c3)c3ccccc3)[nH]2)cc1. The molecule has 1 amide bonds. The minimum atomic E-state index is -0.201. The zero-order chi connectivity index (χ0) is 24.4. The highest BCUT2D eigenvalue weighted by atomic mass is 16.1. The Balaban J connectivity index is 1.38. The van der Waals surface area contributed by atoms with Gasteiger partial charge in [0.25, 0.3) is 5.91 Å². The summed E-state index contributed by atoms with van der Waals surface area (Å²) < 4.78 is 0. The molecule has 0 aliphatic heterocycles. The van der Waals surface area contributed by atoms with Crippen molar-refractivity contribution in [3.05, 3.63) is 102 Å². The molecule has 0 fully saturated rings. The Morgan fingerprint density at radius 2 is 1.77 bits per heavy atom. The van der Waals surface area contributed by atoms with Crippen LogP contribution in [-0.2, 0) is 0 Å². The topological polar surface area (TPSA) is 162 Å². The van der Waals surface area contributed by atoms with Crippen molar-refractivity contribution in [1.82, 2.24) is 25.5 Å². The average molecular weight is 465 g/mol. The van der Waals surface area contributed by atoms with Crippen LogP contribution in [0.1, 0.15) is 33.2 Å². The fourth-order valence-electron chi connectivity index (χ4n) is 4.03. The number of carbonyl (C=O) groups excluding carboxylic acids is 1. The lowest BCUT2D eigenvalue weighted by Gasteiger charge is -2.16. The minimum Gasteiger partial charge on any atom is -0.384 e. The van der Waals surface area contributed by atoms with Crippen LogP contribution in [0.15, 0.2) is 79.0 Å². The Morgan fingerprint density at radius 3 is 2.51 bits per heavy atom. The molecule has 0 aliphatic rings. The lowest BCUT2D eigenvalue weighted by Crippen LogP contribution is -2.29. The zero-order valence-electron chi connectivity index (χ0n) is 18.7. The molecular weight excluding hydrogens is 440 g/mol. The minimum absolute atomic E-state index is 0.0249. The molecule has 9 nitrogen and oxygen atoms in total. The Bertz CT molecular complexity index is 1500. The molecule has 3 aromatic carbocycles. The quantitative estimate of drug-likeness (QED) is 0.160. The molecule has 0 aliphatic carbocycles. The maximum atomic E-state index is 12.9. The molecule has 2 heterocycles. The van der Waals surface area contributed by atoms with Gasteiger partial charge in [-0.05, 0) is 29.3 Å². The number of nitrogen functional groups attached to an aromatic ring is 2. The van der Waals surface area contributed by atoms with Crippen molar-refractivity contribution in [3.63, 3.8) is 0 Å². The number of aromatic amines is 2. The number of carbonyl (C=O) groups is 1. The van der Waals surface area contributed by atoms with Crippen LogP contribution in [0.4, 0.5) is 5.82 Å². The maximum Gasteiger partial charge on any atom is 0.251 e. The van der Waals surface area contributed by atoms with Crippen molar-refractivity contribution < 1.29 is 4.79 Å². The normalized spacial score (nSPS) is 11.9. The van der Waals surface area contributed by atoms with Gasteiger partial charge in [0, 0.05) is 23.1 Å². The molecule has 0 unspecified atom stereocenters. The van der Waals surface area contributed by atoms with E-state index in [2.05, 4.69) is 25.5 Å². The maximum absolute atomic E-state index is 12.9. The van der Waals surface area contributed by atoms with Gasteiger partial charge in [0.1, 0.15) is 11.7 Å². The molecule has 1 atom stereocenters. The van der Waals surface area contributed by atoms with E-state index < -0.39 is 0 Å². The summed E-state index contributed by atoms with van der Waals surface area (Å²) in [6.45, 7) is 0.349. The van der Waals surface area contributed by atoms with Crippen LogP contribution in [0.2, 0.25) is 0 Å². The Morgan fingerprint density at radius 1 is 1.03 bits per heavy atom. The molecule has 174 valence electrons. The van der Waals surface area contributed by atoms with Crippen LogP contribution < -0.4 is 16.8 Å². The highest BCUT2D eigenvalue weighted by molar-refractivity contribution is 5.99. The molecular formula is C26H24N8O. The monoisotopic (exact) mass is 464 g/mol. The van der Waals surface area contributed by atoms with Crippen LogP contribution in [0.25, 0.3) is 22.2 Å². The molecule has 0 spiro atoms. The Kier molecular flexibility index (Phi) is 5.72. The van der Waals surface area contributed by atoms with Gasteiger partial charge >= 0.3 is 0 Å². The third-order valence-corrected chi connectivity index (χ3v) is 5.96. The van der Waals surface area contributed by atoms with E-state index in [0.717, 1.165) is 28.0 Å². The molecule has 0 saturated heterocycles. The molecule has 0 saturated carbocycles. The number of amides is 1. The lowest BCUT2D eigenvalue weighted by molar-refractivity contribution is 0.0952. The Labute approximate surface area is 201 Å². The summed E-state index contributed by atoms with van der Waals surface area (Å²) in [5.41, 5.74) is 16.1. The van der Waals surface area contributed by atoms with Crippen LogP contribution in [0.3, 0.4) is 0 Å². The first-order valence-electron chi connectivity index (χ1n) is 11.1. The van der Waals surface area contributed by atoms with Crippen molar-refractivity contribution in [1.29, 1.82) is 5.41 Å². The molecule has 5 rings (SSSR count). The predicted octanol–water partition coefficient (Wildman–Crippen LogP) is 3.38. The van der Waals surface area contributed by atoms with Crippen molar-refractivity contribution in [2.75, 3.05) is 12.3 Å². The summed E-state index contributed by atoms with van der Waals surface area (Å²) in [6.07, 6.45) is 1.77. The summed E-state index contributed by atoms with van der Waals surface area (Å²) in [7, 11) is 0. The Hall–Kier alpha value is -4.92. The number of anilines is 1. The van der Waals surface area contributed by atoms with Gasteiger partial charge in [0.15, 0.2) is 5.82 Å². The zero-order valence-corrected chi connectivity index (χ0v) is 18.7. The summed E-state index contributed by atoms with van der Waals surface area (Å²) in [6, 6.07) is 22.6. The van der Waals surface area contributed by atoms with Crippen molar-refractivity contribution in [3.8, 4) is 11.3 Å². The van der Waals surface area contributed by atoms with Gasteiger partial charge in [-0.3, -0.25) is 15.3 Å². The number of nitrogens with one attached hydrogen (secondary N) is 4. The number of imidazole rings is 1. The largest absolute Gasteiger partial charge is 0.384 e. The van der Waals surface area contributed by atoms with Gasteiger partial charge in [-0.2, -0.15) is 5.10 Å². The second-order valence-corrected chi connectivity index (χ2v) is 8.22. The molecule has 0 bridgehead atoms. The van der Waals surface area contributed by atoms with E-state index in [1.807, 2.05) is 42.5 Å². The van der Waals surface area contributed by atoms with Gasteiger partial charge in [-0.1, -0.05) is 54.6 Å². The number of rotatable bonds is 7. The standard InChI is InChI=1S/C26H24N8O/c27-23(28)17-8-6-16(7-9-17)22-14-30-25(32-22)20(15-4-2-1-3-5-15)13-31-26(35)18-10-11-19-21(12-18)33-34-24(19)29/h1-12,14,20H,13H2,(H3,27,28)(H,30,32)(H,31,35)(H3,29,33,34)/t20-/m1/s1. The van der Waals surface area contributed by atoms with Gasteiger partial charge in [-0.25, -0.2) is 4.98 Å². The molecule has 5 aromatic rings. The molecule has 8 N–H and O–H groups in total. The average Bonchev–Trinajstić information content (AvgIpc) is 3.52. The molecule has 2 aromatic heterocycles. The highest BCUT2D eigenvalue weighted by Gasteiger charge is 2.20. The number of aromatic nitrogens is 4. The second-order valence-electron chi connectivity index (χ2n) is 8.22. The van der Waals surface area contributed by atoms with E-state index in [4.69, 9.17) is 16.9 Å². The van der Waals surface area contributed by atoms with E-state index in [0.29, 0.717) is 29.0 Å². The first-order valence-corrected chi connectivity index (χ1v) is 11.1. The number of H-pyrrole nitrogens is 2. The number of fused-ring (bicyclic) bond motifs is 1. The second kappa shape index (κ2) is 9.14.